The Morgan fingerprint density at radius 1 is 1.45 bits per heavy atom. The van der Waals surface area contributed by atoms with Crippen LogP contribution in [-0.2, 0) is 9.53 Å². The first kappa shape index (κ1) is 15.0. The van der Waals surface area contributed by atoms with Crippen molar-refractivity contribution in [1.82, 2.24) is 9.97 Å². The summed E-state index contributed by atoms with van der Waals surface area (Å²) >= 11 is 6.21. The average molecular weight is 320 g/mol. The number of fused-ring (bicyclic) bond motifs is 1. The van der Waals surface area contributed by atoms with E-state index in [1.807, 2.05) is 25.1 Å². The summed E-state index contributed by atoms with van der Waals surface area (Å²) in [6.45, 7) is 3.74. The highest BCUT2D eigenvalue weighted by atomic mass is 35.5. The normalized spacial score (nSPS) is 18.5. The minimum Gasteiger partial charge on any atom is -0.466 e. The van der Waals surface area contributed by atoms with Crippen molar-refractivity contribution in [3.05, 3.63) is 29.5 Å². The van der Waals surface area contributed by atoms with Crippen LogP contribution in [0.5, 0.6) is 0 Å². The number of carbonyl (C=O) groups excluding carboxylic acids is 1. The molecule has 1 saturated heterocycles. The zero-order chi connectivity index (χ0) is 15.5. The number of aromatic nitrogens is 2. The topological polar surface area (TPSA) is 55.3 Å². The maximum absolute atomic E-state index is 12.0. The lowest BCUT2D eigenvalue weighted by atomic mass is 9.98. The van der Waals surface area contributed by atoms with E-state index in [1.54, 1.807) is 0 Å². The van der Waals surface area contributed by atoms with E-state index in [-0.39, 0.29) is 11.9 Å². The fourth-order valence-electron chi connectivity index (χ4n) is 2.91. The lowest BCUT2D eigenvalue weighted by molar-refractivity contribution is -0.148. The van der Waals surface area contributed by atoms with Gasteiger partial charge in [0.25, 0.3) is 0 Å². The number of halogens is 1. The predicted octanol–water partition coefficient (Wildman–Crippen LogP) is 3.06. The minimum absolute atomic E-state index is 0.0992. The predicted molar refractivity (Wildman–Crippen MR) is 86.1 cm³/mol. The van der Waals surface area contributed by atoms with E-state index in [1.165, 1.54) is 6.33 Å². The van der Waals surface area contributed by atoms with Crippen LogP contribution in [0.2, 0.25) is 5.02 Å². The van der Waals surface area contributed by atoms with Crippen molar-refractivity contribution >= 4 is 34.3 Å². The third-order valence-corrected chi connectivity index (χ3v) is 4.24. The molecular formula is C16H18ClN3O2. The fraction of sp³-hybridized carbons (Fsp3) is 0.438. The molecule has 0 spiro atoms. The Labute approximate surface area is 134 Å². The zero-order valence-electron chi connectivity index (χ0n) is 12.5. The summed E-state index contributed by atoms with van der Waals surface area (Å²) in [5.41, 5.74) is 0.743. The van der Waals surface area contributed by atoms with Crippen LogP contribution in [0.25, 0.3) is 10.9 Å². The SMILES string of the molecule is CCOC(=O)C1CCCN(c2ncnc3c(Cl)cccc23)C1. The summed E-state index contributed by atoms with van der Waals surface area (Å²) in [7, 11) is 0. The molecule has 1 aromatic heterocycles. The number of hydrogen-bond donors (Lipinski definition) is 0. The molecule has 22 heavy (non-hydrogen) atoms. The highest BCUT2D eigenvalue weighted by Gasteiger charge is 2.28. The Kier molecular flexibility index (Phi) is 4.43. The smallest absolute Gasteiger partial charge is 0.310 e. The Hall–Kier alpha value is -1.88. The molecule has 3 rings (SSSR count). The van der Waals surface area contributed by atoms with E-state index < -0.39 is 0 Å². The van der Waals surface area contributed by atoms with Gasteiger partial charge in [0.1, 0.15) is 12.1 Å². The molecule has 2 heterocycles. The highest BCUT2D eigenvalue weighted by Crippen LogP contribution is 2.30. The van der Waals surface area contributed by atoms with E-state index in [2.05, 4.69) is 14.9 Å². The van der Waals surface area contributed by atoms with Crippen LogP contribution in [0.3, 0.4) is 0 Å². The molecule has 1 atom stereocenters. The number of hydrogen-bond acceptors (Lipinski definition) is 5. The first-order valence-electron chi connectivity index (χ1n) is 7.51. The van der Waals surface area contributed by atoms with Gasteiger partial charge in [-0.2, -0.15) is 0 Å². The van der Waals surface area contributed by atoms with Crippen molar-refractivity contribution in [3.8, 4) is 0 Å². The van der Waals surface area contributed by atoms with Gasteiger partial charge in [-0.15, -0.1) is 0 Å². The second kappa shape index (κ2) is 6.48. The second-order valence-corrected chi connectivity index (χ2v) is 5.78. The fourth-order valence-corrected chi connectivity index (χ4v) is 3.14. The summed E-state index contributed by atoms with van der Waals surface area (Å²) < 4.78 is 5.15. The van der Waals surface area contributed by atoms with E-state index in [4.69, 9.17) is 16.3 Å². The second-order valence-electron chi connectivity index (χ2n) is 5.37. The molecule has 0 bridgehead atoms. The molecule has 2 aromatic rings. The Morgan fingerprint density at radius 2 is 2.32 bits per heavy atom. The Balaban J connectivity index is 1.91. The maximum atomic E-state index is 12.0. The van der Waals surface area contributed by atoms with Gasteiger partial charge >= 0.3 is 5.97 Å². The largest absolute Gasteiger partial charge is 0.466 e. The van der Waals surface area contributed by atoms with Crippen LogP contribution in [0.4, 0.5) is 5.82 Å². The third kappa shape index (κ3) is 2.86. The van der Waals surface area contributed by atoms with Gasteiger partial charge in [-0.3, -0.25) is 4.79 Å². The van der Waals surface area contributed by atoms with Gasteiger partial charge < -0.3 is 9.64 Å². The molecule has 0 saturated carbocycles. The molecule has 0 amide bonds. The van der Waals surface area contributed by atoms with Crippen molar-refractivity contribution in [3.63, 3.8) is 0 Å². The van der Waals surface area contributed by atoms with Crippen LogP contribution in [0.15, 0.2) is 24.5 Å². The summed E-state index contributed by atoms with van der Waals surface area (Å²) in [6.07, 6.45) is 3.33. The molecule has 1 unspecified atom stereocenters. The van der Waals surface area contributed by atoms with E-state index in [9.17, 15) is 4.79 Å². The number of carbonyl (C=O) groups is 1. The molecular weight excluding hydrogens is 302 g/mol. The van der Waals surface area contributed by atoms with Gasteiger partial charge in [-0.1, -0.05) is 17.7 Å². The van der Waals surface area contributed by atoms with Crippen molar-refractivity contribution in [2.45, 2.75) is 19.8 Å². The molecule has 0 radical (unpaired) electrons. The number of piperidine rings is 1. The van der Waals surface area contributed by atoms with E-state index >= 15 is 0 Å². The quantitative estimate of drug-likeness (QED) is 0.814. The summed E-state index contributed by atoms with van der Waals surface area (Å²) in [5, 5.41) is 1.53. The number of rotatable bonds is 3. The van der Waals surface area contributed by atoms with Crippen LogP contribution < -0.4 is 4.90 Å². The molecule has 1 aliphatic heterocycles. The van der Waals surface area contributed by atoms with Gasteiger partial charge in [-0.05, 0) is 31.9 Å². The molecule has 5 nitrogen and oxygen atoms in total. The number of esters is 1. The maximum Gasteiger partial charge on any atom is 0.310 e. The van der Waals surface area contributed by atoms with Crippen LogP contribution in [0, 0.1) is 5.92 Å². The molecule has 1 aromatic carbocycles. The summed E-state index contributed by atoms with van der Waals surface area (Å²) in [5.74, 6) is 0.614. The lowest BCUT2D eigenvalue weighted by Crippen LogP contribution is -2.40. The average Bonchev–Trinajstić information content (AvgIpc) is 2.55. The number of benzene rings is 1. The van der Waals surface area contributed by atoms with Gasteiger partial charge in [0.2, 0.25) is 0 Å². The van der Waals surface area contributed by atoms with Crippen molar-refractivity contribution in [1.29, 1.82) is 0 Å². The molecule has 1 aliphatic rings. The minimum atomic E-state index is -0.122. The number of ether oxygens (including phenoxy) is 1. The van der Waals surface area contributed by atoms with Gasteiger partial charge in [-0.25, -0.2) is 9.97 Å². The summed E-state index contributed by atoms with van der Waals surface area (Å²) in [6, 6.07) is 5.67. The highest BCUT2D eigenvalue weighted by molar-refractivity contribution is 6.35. The molecule has 0 N–H and O–H groups in total. The molecule has 1 fully saturated rings. The van der Waals surface area contributed by atoms with E-state index in [0.717, 1.165) is 36.1 Å². The standard InChI is InChI=1S/C16H18ClN3O2/c1-2-22-16(21)11-5-4-8-20(9-11)15-12-6-3-7-13(17)14(12)18-10-19-15/h3,6-7,10-11H,2,4-5,8-9H2,1H3. The zero-order valence-corrected chi connectivity index (χ0v) is 13.2. The molecule has 0 aliphatic carbocycles. The van der Waals surface area contributed by atoms with Crippen LogP contribution >= 0.6 is 11.6 Å². The van der Waals surface area contributed by atoms with Crippen LogP contribution in [-0.4, -0.2) is 35.6 Å². The van der Waals surface area contributed by atoms with Gasteiger partial charge in [0.15, 0.2) is 0 Å². The van der Waals surface area contributed by atoms with Crippen LogP contribution in [0.1, 0.15) is 19.8 Å². The van der Waals surface area contributed by atoms with Crippen molar-refractivity contribution < 1.29 is 9.53 Å². The van der Waals surface area contributed by atoms with Gasteiger partial charge in [0, 0.05) is 18.5 Å². The first-order valence-corrected chi connectivity index (χ1v) is 7.89. The Bertz CT molecular complexity index is 692. The number of nitrogens with zero attached hydrogens (tertiary/aromatic N) is 3. The third-order valence-electron chi connectivity index (χ3n) is 3.94. The van der Waals surface area contributed by atoms with Gasteiger partial charge in [0.05, 0.1) is 23.1 Å². The number of para-hydroxylation sites is 1. The first-order chi connectivity index (χ1) is 10.7. The monoisotopic (exact) mass is 319 g/mol. The Morgan fingerprint density at radius 3 is 3.14 bits per heavy atom. The molecule has 6 heteroatoms. The van der Waals surface area contributed by atoms with E-state index in [0.29, 0.717) is 18.2 Å². The van der Waals surface area contributed by atoms with Crippen molar-refractivity contribution in [2.75, 3.05) is 24.6 Å². The van der Waals surface area contributed by atoms with Crippen molar-refractivity contribution in [2.24, 2.45) is 5.92 Å². The summed E-state index contributed by atoms with van der Waals surface area (Å²) in [4.78, 5) is 22.8. The number of anilines is 1. The molecule has 116 valence electrons. The lowest BCUT2D eigenvalue weighted by Gasteiger charge is -2.32.